The number of rotatable bonds is 16. The molecule has 0 radical (unpaired) electrons. The Morgan fingerprint density at radius 1 is 0.159 bits per heavy atom. The van der Waals surface area contributed by atoms with E-state index in [1.54, 1.807) is 0 Å². The molecule has 4 aromatic rings. The zero-order chi connectivity index (χ0) is 64.7. The molecule has 16 nitrogen and oxygen atoms in total. The van der Waals surface area contributed by atoms with E-state index in [-0.39, 0.29) is 22.2 Å². The van der Waals surface area contributed by atoms with Gasteiger partial charge < -0.3 is 65.8 Å². The van der Waals surface area contributed by atoms with E-state index in [0.717, 1.165) is 20.7 Å². The van der Waals surface area contributed by atoms with Crippen LogP contribution in [0.5, 0.6) is 0 Å². The summed E-state index contributed by atoms with van der Waals surface area (Å²) >= 11 is 0. The fraction of sp³-hybridized carbons (Fsp3) is 0.600. The van der Waals surface area contributed by atoms with Crippen molar-refractivity contribution in [1.29, 1.82) is 0 Å². The van der Waals surface area contributed by atoms with E-state index in [1.165, 1.54) is 0 Å². The largest absolute Gasteiger partial charge is 0.481 e. The van der Waals surface area contributed by atoms with Gasteiger partial charge in [-0.2, -0.15) is 0 Å². The minimum Gasteiger partial charge on any atom is -0.408 e. The van der Waals surface area contributed by atoms with Crippen LogP contribution in [0.4, 0.5) is 0 Å². The van der Waals surface area contributed by atoms with Crippen molar-refractivity contribution in [1.82, 2.24) is 0 Å². The van der Waals surface area contributed by atoms with E-state index in [9.17, 15) is 0 Å². The second-order valence-corrected chi connectivity index (χ2v) is 72.7. The molecular weight excluding hydrogens is 1310 g/mol. The first kappa shape index (κ1) is 71.1. The normalized spacial score (nSPS) is 37.7. The fourth-order valence-electron chi connectivity index (χ4n) is 12.1. The molecule has 8 bridgehead atoms. The standard InChI is InChI=1S/C60H104O16Si12/c1-45(2)77(57-37-29-25-30-38-57)61-78(46(3)4,58-39-31-26-32-40-58)64-82(50(11)12)67-81(63-77,49(9)10)69-85(53(17)18)73-86(70-82,54(19)20)76-88(56(23)24)72-84(52(15)16)66-80(48(7)8,60-43-35-28-36-44-60)62-79(47(5)6,59-41-33-27-34-42-59)65-83(68-84,51(13)14)71-87(74-88,75-85)55(21)22/h25-56H,1-24H3/t77-,78-,79-,80+,81+,82-,83+,84-,85+,86-,87-,88+/m1/s1. The average Bonchev–Trinajstić information content (AvgIpc) is 0.749. The molecule has 5 heterocycles. The van der Waals surface area contributed by atoms with Gasteiger partial charge >= 0.3 is 105 Å². The highest BCUT2D eigenvalue weighted by atomic mass is 28.6. The number of fused-ring (bicyclic) bond motifs is 8. The van der Waals surface area contributed by atoms with Gasteiger partial charge in [0.1, 0.15) is 0 Å². The number of hydrogen-bond acceptors (Lipinski definition) is 16. The molecule has 0 saturated carbocycles. The summed E-state index contributed by atoms with van der Waals surface area (Å²) in [6, 6.07) is 41.6. The van der Waals surface area contributed by atoms with Crippen molar-refractivity contribution in [2.24, 2.45) is 0 Å². The van der Waals surface area contributed by atoms with Gasteiger partial charge in [0, 0.05) is 66.5 Å². The number of benzene rings is 4. The molecule has 0 aliphatic carbocycles. The zero-order valence-corrected chi connectivity index (χ0v) is 69.0. The molecule has 5 aliphatic rings. The third-order valence-electron chi connectivity index (χ3n) is 18.0. The van der Waals surface area contributed by atoms with E-state index in [4.69, 9.17) is 65.8 Å². The van der Waals surface area contributed by atoms with Crippen LogP contribution < -0.4 is 20.7 Å². The Morgan fingerprint density at radius 3 is 0.398 bits per heavy atom. The minimum absolute atomic E-state index is 0.204. The van der Waals surface area contributed by atoms with Crippen LogP contribution in [0.25, 0.3) is 0 Å². The molecule has 5 saturated heterocycles. The first-order chi connectivity index (χ1) is 41.1. The van der Waals surface area contributed by atoms with E-state index in [1.807, 2.05) is 24.3 Å². The molecule has 4 aromatic carbocycles. The molecule has 488 valence electrons. The number of hydrogen-bond donors (Lipinski definition) is 0. The SMILES string of the molecule is CC(C)[Si@]12O[Si@](C(C)C)(O[Si@]3(C(C)C)O[Si@](C(C)C)(O1)O[Si@@]1(C(C)C)O[Si@@](C(C)C)(O3)O[Si@@](c3ccccc3)(C(C)C)O[Si@](c3ccccc3)(C(C)C)O1)O[Si@]1(C(C)C)O[Si@](C(C)C)(O2)O[Si@](c2ccccc2)(C(C)C)O[Si@](c2ccccc2)(C(C)C)O1. The quantitative estimate of drug-likeness (QED) is 0.0979. The van der Waals surface area contributed by atoms with Crippen molar-refractivity contribution in [2.45, 2.75) is 233 Å². The van der Waals surface area contributed by atoms with Crippen LogP contribution in [0.1, 0.15) is 166 Å². The molecule has 5 aliphatic heterocycles. The lowest BCUT2D eigenvalue weighted by Gasteiger charge is -2.64. The van der Waals surface area contributed by atoms with Gasteiger partial charge in [-0.25, -0.2) is 0 Å². The summed E-state index contributed by atoms with van der Waals surface area (Å²) in [6.45, 7) is 51.2. The van der Waals surface area contributed by atoms with E-state index in [0.29, 0.717) is 0 Å². The van der Waals surface area contributed by atoms with Gasteiger partial charge in [0.05, 0.1) is 0 Å². The highest BCUT2D eigenvalue weighted by Crippen LogP contribution is 2.59. The molecule has 0 spiro atoms. The minimum atomic E-state index is -4.62. The third-order valence-corrected chi connectivity index (χ3v) is 77.0. The van der Waals surface area contributed by atoms with Gasteiger partial charge in [-0.05, 0) is 20.7 Å². The lowest BCUT2D eigenvalue weighted by atomic mass is 10.4. The molecule has 12 atom stereocenters. The second kappa shape index (κ2) is 25.8. The van der Waals surface area contributed by atoms with Crippen LogP contribution in [0.2, 0.25) is 66.5 Å². The summed E-state index contributed by atoms with van der Waals surface area (Å²) < 4.78 is 135. The monoisotopic (exact) mass is 1420 g/mol. The van der Waals surface area contributed by atoms with Crippen LogP contribution in [-0.4, -0.2) is 105 Å². The second-order valence-electron chi connectivity index (χ2n) is 28.5. The van der Waals surface area contributed by atoms with Gasteiger partial charge in [0.15, 0.2) is 0 Å². The van der Waals surface area contributed by atoms with Crippen molar-refractivity contribution in [2.75, 3.05) is 0 Å². The van der Waals surface area contributed by atoms with Gasteiger partial charge in [-0.1, -0.05) is 287 Å². The van der Waals surface area contributed by atoms with Crippen LogP contribution >= 0.6 is 0 Å². The molecule has 28 heteroatoms. The predicted octanol–water partition coefficient (Wildman–Crippen LogP) is 14.1. The Hall–Kier alpha value is -1.16. The lowest BCUT2D eigenvalue weighted by Crippen LogP contribution is -2.88. The fourth-order valence-corrected chi connectivity index (χ4v) is 92.8. The highest BCUT2D eigenvalue weighted by molar-refractivity contribution is 7.07. The molecular formula is C60H104O16Si12. The highest BCUT2D eigenvalue weighted by Gasteiger charge is 2.84. The van der Waals surface area contributed by atoms with Gasteiger partial charge in [-0.15, -0.1) is 0 Å². The topological polar surface area (TPSA) is 148 Å². The van der Waals surface area contributed by atoms with Gasteiger partial charge in [0.25, 0.3) is 0 Å². The summed E-state index contributed by atoms with van der Waals surface area (Å²) in [5.74, 6) is 0. The molecule has 5 fully saturated rings. The first-order valence-corrected chi connectivity index (χ1v) is 54.5. The lowest BCUT2D eigenvalue weighted by molar-refractivity contribution is -0.00561. The smallest absolute Gasteiger partial charge is 0.408 e. The van der Waals surface area contributed by atoms with Crippen LogP contribution in [0, 0.1) is 0 Å². The van der Waals surface area contributed by atoms with E-state index < -0.39 is 149 Å². The van der Waals surface area contributed by atoms with E-state index in [2.05, 4.69) is 263 Å². The van der Waals surface area contributed by atoms with Gasteiger partial charge in [0.2, 0.25) is 0 Å². The maximum Gasteiger partial charge on any atom is 0.481 e. The summed E-state index contributed by atoms with van der Waals surface area (Å²) in [5.41, 5.74) is -4.63. The molecule has 0 unspecified atom stereocenters. The van der Waals surface area contributed by atoms with Crippen molar-refractivity contribution in [3.05, 3.63) is 121 Å². The Balaban J connectivity index is 1.44. The van der Waals surface area contributed by atoms with Crippen LogP contribution in [0.15, 0.2) is 121 Å². The third kappa shape index (κ3) is 12.0. The van der Waals surface area contributed by atoms with Crippen molar-refractivity contribution in [3.8, 4) is 0 Å². The average molecular weight is 1420 g/mol. The molecule has 0 N–H and O–H groups in total. The van der Waals surface area contributed by atoms with Crippen molar-refractivity contribution >= 4 is 125 Å². The molecule has 0 amide bonds. The van der Waals surface area contributed by atoms with Crippen LogP contribution in [0.3, 0.4) is 0 Å². The maximum absolute atomic E-state index is 8.47. The summed E-state index contributed by atoms with van der Waals surface area (Å²) in [6.07, 6.45) is 0. The van der Waals surface area contributed by atoms with Crippen molar-refractivity contribution < 1.29 is 65.8 Å². The van der Waals surface area contributed by atoms with Crippen LogP contribution in [-0.2, 0) is 65.8 Å². The summed E-state index contributed by atoms with van der Waals surface area (Å²) in [7, 11) is -51.9. The summed E-state index contributed by atoms with van der Waals surface area (Å²) in [4.78, 5) is 0. The maximum atomic E-state index is 8.47. The first-order valence-electron chi connectivity index (χ1n) is 32.5. The van der Waals surface area contributed by atoms with Crippen molar-refractivity contribution in [3.63, 3.8) is 0 Å². The predicted molar refractivity (Wildman–Crippen MR) is 372 cm³/mol. The Labute approximate surface area is 541 Å². The Bertz CT molecular complexity index is 2620. The molecule has 9 rings (SSSR count). The molecule has 88 heavy (non-hydrogen) atoms. The van der Waals surface area contributed by atoms with E-state index >= 15 is 0 Å². The zero-order valence-electron chi connectivity index (χ0n) is 57.0. The molecule has 0 aromatic heterocycles. The Kier molecular flexibility index (Phi) is 20.8. The Morgan fingerprint density at radius 2 is 0.284 bits per heavy atom. The van der Waals surface area contributed by atoms with Gasteiger partial charge in [-0.3, -0.25) is 0 Å². The summed E-state index contributed by atoms with van der Waals surface area (Å²) in [5, 5.41) is 3.73.